The summed E-state index contributed by atoms with van der Waals surface area (Å²) in [6.07, 6.45) is 1.07. The molecule has 1 aliphatic rings. The fraction of sp³-hybridized carbons (Fsp3) is 0.600. The summed E-state index contributed by atoms with van der Waals surface area (Å²) in [5.41, 5.74) is 0.941. The lowest BCUT2D eigenvalue weighted by molar-refractivity contribution is 0.357. The Kier molecular flexibility index (Phi) is 5.24. The zero-order valence-electron chi connectivity index (χ0n) is 13.0. The second kappa shape index (κ2) is 6.77. The van der Waals surface area contributed by atoms with E-state index in [1.807, 2.05) is 19.1 Å². The molecule has 1 aliphatic heterocycles. The normalized spacial score (nSPS) is 20.1. The lowest BCUT2D eigenvalue weighted by Gasteiger charge is -2.21. The minimum absolute atomic E-state index is 0.359. The number of nitrogens with one attached hydrogen (secondary N) is 1. The van der Waals surface area contributed by atoms with Crippen LogP contribution in [0, 0.1) is 5.92 Å². The standard InChI is InChI=1S/C15H25N3O2S/c1-4-16-14-5-7-15(8-6-14)21(19,20)18(3)12-13-9-10-17(2)11-13/h5-8,13,16H,4,9-12H2,1-3H3. The summed E-state index contributed by atoms with van der Waals surface area (Å²) in [5, 5.41) is 3.17. The van der Waals surface area contributed by atoms with Crippen LogP contribution >= 0.6 is 0 Å². The molecular weight excluding hydrogens is 286 g/mol. The maximum atomic E-state index is 12.6. The van der Waals surface area contributed by atoms with Crippen LogP contribution in [0.2, 0.25) is 0 Å². The third-order valence-electron chi connectivity index (χ3n) is 3.95. The van der Waals surface area contributed by atoms with E-state index in [4.69, 9.17) is 0 Å². The molecule has 0 bridgehead atoms. The molecule has 21 heavy (non-hydrogen) atoms. The van der Waals surface area contributed by atoms with Gasteiger partial charge in [0, 0.05) is 32.4 Å². The average Bonchev–Trinajstić information content (AvgIpc) is 2.85. The van der Waals surface area contributed by atoms with Crippen molar-refractivity contribution in [3.05, 3.63) is 24.3 Å². The van der Waals surface area contributed by atoms with E-state index in [2.05, 4.69) is 17.3 Å². The second-order valence-corrected chi connectivity index (χ2v) is 7.80. The van der Waals surface area contributed by atoms with Crippen LogP contribution in [-0.2, 0) is 10.0 Å². The molecule has 1 saturated heterocycles. The molecule has 1 heterocycles. The molecule has 1 aromatic carbocycles. The number of sulfonamides is 1. The minimum atomic E-state index is -3.39. The minimum Gasteiger partial charge on any atom is -0.385 e. The molecule has 1 fully saturated rings. The van der Waals surface area contributed by atoms with E-state index in [0.29, 0.717) is 17.4 Å². The van der Waals surface area contributed by atoms with Crippen LogP contribution in [0.15, 0.2) is 29.2 Å². The Morgan fingerprint density at radius 3 is 2.52 bits per heavy atom. The van der Waals surface area contributed by atoms with Crippen molar-refractivity contribution in [3.63, 3.8) is 0 Å². The Balaban J connectivity index is 2.05. The Labute approximate surface area is 128 Å². The molecule has 118 valence electrons. The Morgan fingerprint density at radius 1 is 1.33 bits per heavy atom. The van der Waals surface area contributed by atoms with Gasteiger partial charge >= 0.3 is 0 Å². The van der Waals surface area contributed by atoms with Gasteiger partial charge in [0.25, 0.3) is 0 Å². The van der Waals surface area contributed by atoms with Gasteiger partial charge in [-0.15, -0.1) is 0 Å². The van der Waals surface area contributed by atoms with Gasteiger partial charge in [0.15, 0.2) is 0 Å². The maximum absolute atomic E-state index is 12.6. The number of hydrogen-bond donors (Lipinski definition) is 1. The van der Waals surface area contributed by atoms with Gasteiger partial charge in [-0.05, 0) is 57.1 Å². The molecule has 0 saturated carbocycles. The SMILES string of the molecule is CCNc1ccc(S(=O)(=O)N(C)CC2CCN(C)C2)cc1. The van der Waals surface area contributed by atoms with E-state index in [1.165, 1.54) is 4.31 Å². The van der Waals surface area contributed by atoms with Crippen molar-refractivity contribution in [2.75, 3.05) is 45.6 Å². The summed E-state index contributed by atoms with van der Waals surface area (Å²) in [4.78, 5) is 2.61. The van der Waals surface area contributed by atoms with E-state index in [1.54, 1.807) is 19.2 Å². The van der Waals surface area contributed by atoms with Crippen molar-refractivity contribution >= 4 is 15.7 Å². The molecule has 0 aromatic heterocycles. The highest BCUT2D eigenvalue weighted by Crippen LogP contribution is 2.21. The summed E-state index contributed by atoms with van der Waals surface area (Å²) in [7, 11) is 0.361. The number of likely N-dealkylation sites (tertiary alicyclic amines) is 1. The number of anilines is 1. The lowest BCUT2D eigenvalue weighted by atomic mass is 10.1. The summed E-state index contributed by atoms with van der Waals surface area (Å²) >= 11 is 0. The topological polar surface area (TPSA) is 52.7 Å². The monoisotopic (exact) mass is 311 g/mol. The van der Waals surface area contributed by atoms with Crippen LogP contribution in [0.5, 0.6) is 0 Å². The predicted octanol–water partition coefficient (Wildman–Crippen LogP) is 1.69. The number of benzene rings is 1. The number of rotatable bonds is 6. The van der Waals surface area contributed by atoms with Crippen LogP contribution in [0.3, 0.4) is 0 Å². The molecule has 0 amide bonds. The van der Waals surface area contributed by atoms with Gasteiger partial charge in [-0.3, -0.25) is 0 Å². The molecule has 0 radical (unpaired) electrons. The van der Waals surface area contributed by atoms with Gasteiger partial charge in [0.2, 0.25) is 10.0 Å². The largest absolute Gasteiger partial charge is 0.385 e. The third-order valence-corrected chi connectivity index (χ3v) is 5.79. The van der Waals surface area contributed by atoms with Crippen LogP contribution in [0.25, 0.3) is 0 Å². The molecule has 0 aliphatic carbocycles. The van der Waals surface area contributed by atoms with Gasteiger partial charge in [-0.25, -0.2) is 12.7 Å². The van der Waals surface area contributed by atoms with E-state index < -0.39 is 10.0 Å². The fourth-order valence-electron chi connectivity index (χ4n) is 2.77. The van der Waals surface area contributed by atoms with Gasteiger partial charge in [0.05, 0.1) is 4.90 Å². The first-order chi connectivity index (χ1) is 9.93. The molecule has 5 nitrogen and oxygen atoms in total. The summed E-state index contributed by atoms with van der Waals surface area (Å²) in [5.74, 6) is 0.427. The van der Waals surface area contributed by atoms with Crippen molar-refractivity contribution in [3.8, 4) is 0 Å². The summed E-state index contributed by atoms with van der Waals surface area (Å²) in [6.45, 7) is 5.44. The molecule has 1 aromatic rings. The Hall–Kier alpha value is -1.11. The number of nitrogens with zero attached hydrogens (tertiary/aromatic N) is 2. The van der Waals surface area contributed by atoms with E-state index in [0.717, 1.165) is 31.7 Å². The van der Waals surface area contributed by atoms with Crippen molar-refractivity contribution in [1.82, 2.24) is 9.21 Å². The first-order valence-electron chi connectivity index (χ1n) is 7.42. The first-order valence-corrected chi connectivity index (χ1v) is 8.86. The van der Waals surface area contributed by atoms with Crippen LogP contribution in [-0.4, -0.2) is 57.9 Å². The highest BCUT2D eigenvalue weighted by Gasteiger charge is 2.27. The zero-order chi connectivity index (χ0) is 15.5. The van der Waals surface area contributed by atoms with Crippen molar-refractivity contribution < 1.29 is 8.42 Å². The molecule has 2 rings (SSSR count). The van der Waals surface area contributed by atoms with Crippen LogP contribution < -0.4 is 5.32 Å². The smallest absolute Gasteiger partial charge is 0.242 e. The van der Waals surface area contributed by atoms with E-state index in [9.17, 15) is 8.42 Å². The third kappa shape index (κ3) is 3.96. The quantitative estimate of drug-likeness (QED) is 0.869. The molecule has 6 heteroatoms. The average molecular weight is 311 g/mol. The second-order valence-electron chi connectivity index (χ2n) is 5.76. The van der Waals surface area contributed by atoms with Gasteiger partial charge in [-0.2, -0.15) is 0 Å². The van der Waals surface area contributed by atoms with E-state index >= 15 is 0 Å². The fourth-order valence-corrected chi connectivity index (χ4v) is 4.01. The molecule has 1 unspecified atom stereocenters. The molecule has 0 spiro atoms. The first kappa shape index (κ1) is 16.3. The van der Waals surface area contributed by atoms with Gasteiger partial charge < -0.3 is 10.2 Å². The molecule has 1 atom stereocenters. The van der Waals surface area contributed by atoms with Gasteiger partial charge in [-0.1, -0.05) is 0 Å². The van der Waals surface area contributed by atoms with Crippen LogP contribution in [0.1, 0.15) is 13.3 Å². The Bertz CT molecular complexity index is 557. The summed E-state index contributed by atoms with van der Waals surface area (Å²) in [6, 6.07) is 6.97. The van der Waals surface area contributed by atoms with Gasteiger partial charge in [0.1, 0.15) is 0 Å². The summed E-state index contributed by atoms with van der Waals surface area (Å²) < 4.78 is 26.6. The van der Waals surface area contributed by atoms with Crippen molar-refractivity contribution in [2.45, 2.75) is 18.2 Å². The highest BCUT2D eigenvalue weighted by atomic mass is 32.2. The Morgan fingerprint density at radius 2 is 2.00 bits per heavy atom. The highest BCUT2D eigenvalue weighted by molar-refractivity contribution is 7.89. The predicted molar refractivity (Wildman–Crippen MR) is 86.0 cm³/mol. The lowest BCUT2D eigenvalue weighted by Crippen LogP contribution is -2.32. The molecule has 1 N–H and O–H groups in total. The van der Waals surface area contributed by atoms with Crippen molar-refractivity contribution in [1.29, 1.82) is 0 Å². The van der Waals surface area contributed by atoms with Crippen molar-refractivity contribution in [2.24, 2.45) is 5.92 Å². The maximum Gasteiger partial charge on any atom is 0.242 e. The van der Waals surface area contributed by atoms with E-state index in [-0.39, 0.29) is 0 Å². The number of hydrogen-bond acceptors (Lipinski definition) is 4. The zero-order valence-corrected chi connectivity index (χ0v) is 13.9. The molecular formula is C15H25N3O2S. The van der Waals surface area contributed by atoms with Crippen LogP contribution in [0.4, 0.5) is 5.69 Å².